The van der Waals surface area contributed by atoms with Gasteiger partial charge in [0.15, 0.2) is 5.65 Å². The number of hydrogen-bond acceptors (Lipinski definition) is 3. The van der Waals surface area contributed by atoms with Crippen molar-refractivity contribution in [2.24, 2.45) is 0 Å². The third-order valence-electron chi connectivity index (χ3n) is 3.17. The summed E-state index contributed by atoms with van der Waals surface area (Å²) in [7, 11) is 1.69. The van der Waals surface area contributed by atoms with Gasteiger partial charge in [0.25, 0.3) is 0 Å². The van der Waals surface area contributed by atoms with Crippen LogP contribution in [0.2, 0.25) is 0 Å². The maximum absolute atomic E-state index is 5.49. The van der Waals surface area contributed by atoms with Gasteiger partial charge >= 0.3 is 0 Å². The minimum Gasteiger partial charge on any atom is -0.496 e. The number of imidazole rings is 1. The van der Waals surface area contributed by atoms with Crippen molar-refractivity contribution in [3.63, 3.8) is 0 Å². The van der Waals surface area contributed by atoms with Crippen LogP contribution in [0, 0.1) is 13.8 Å². The van der Waals surface area contributed by atoms with Gasteiger partial charge in [-0.25, -0.2) is 9.50 Å². The van der Waals surface area contributed by atoms with Crippen LogP contribution < -0.4 is 4.74 Å². The van der Waals surface area contributed by atoms with Gasteiger partial charge < -0.3 is 4.74 Å². The Morgan fingerprint density at radius 3 is 2.79 bits per heavy atom. The van der Waals surface area contributed by atoms with Gasteiger partial charge in [-0.3, -0.25) is 0 Å². The van der Waals surface area contributed by atoms with E-state index in [1.807, 2.05) is 24.4 Å². The summed E-state index contributed by atoms with van der Waals surface area (Å²) in [4.78, 5) is 4.20. The van der Waals surface area contributed by atoms with E-state index in [9.17, 15) is 0 Å². The zero-order valence-corrected chi connectivity index (χ0v) is 11.2. The number of aryl methyl sites for hydroxylation is 2. The van der Waals surface area contributed by atoms with Gasteiger partial charge in [-0.05, 0) is 43.2 Å². The molecule has 0 fully saturated rings. The van der Waals surface area contributed by atoms with Crippen molar-refractivity contribution < 1.29 is 4.74 Å². The standard InChI is InChI=1S/C15H15N3O/c1-10-8-11(2)15(13(9-10)19-3)12-4-5-14-16-6-7-18(14)17-12/h4-9H,1-3H3. The predicted molar refractivity (Wildman–Crippen MR) is 74.4 cm³/mol. The molecule has 0 atom stereocenters. The molecule has 0 radical (unpaired) electrons. The van der Waals surface area contributed by atoms with Crippen LogP contribution >= 0.6 is 0 Å². The van der Waals surface area contributed by atoms with Crippen molar-refractivity contribution >= 4 is 5.65 Å². The second-order valence-electron chi connectivity index (χ2n) is 4.61. The van der Waals surface area contributed by atoms with Gasteiger partial charge in [0, 0.05) is 18.0 Å². The molecule has 0 bridgehead atoms. The second kappa shape index (κ2) is 4.39. The Balaban J connectivity index is 2.25. The molecule has 0 aliphatic rings. The second-order valence-corrected chi connectivity index (χ2v) is 4.61. The molecular weight excluding hydrogens is 238 g/mol. The Bertz CT molecular complexity index is 746. The average Bonchev–Trinajstić information content (AvgIpc) is 2.84. The number of rotatable bonds is 2. The molecule has 3 rings (SSSR count). The third kappa shape index (κ3) is 1.95. The molecule has 0 saturated heterocycles. The van der Waals surface area contributed by atoms with Crippen LogP contribution in [-0.4, -0.2) is 21.7 Å². The summed E-state index contributed by atoms with van der Waals surface area (Å²) >= 11 is 0. The Kier molecular flexibility index (Phi) is 2.71. The number of hydrogen-bond donors (Lipinski definition) is 0. The number of aromatic nitrogens is 3. The molecule has 0 aliphatic carbocycles. The van der Waals surface area contributed by atoms with E-state index in [0.29, 0.717) is 0 Å². The lowest BCUT2D eigenvalue weighted by Crippen LogP contribution is -1.98. The normalized spacial score (nSPS) is 10.9. The third-order valence-corrected chi connectivity index (χ3v) is 3.17. The molecule has 1 aromatic carbocycles. The van der Waals surface area contributed by atoms with Crippen molar-refractivity contribution in [3.8, 4) is 17.0 Å². The molecule has 0 spiro atoms. The molecule has 19 heavy (non-hydrogen) atoms. The summed E-state index contributed by atoms with van der Waals surface area (Å²) in [5.74, 6) is 0.851. The molecule has 3 aromatic rings. The van der Waals surface area contributed by atoms with E-state index in [-0.39, 0.29) is 0 Å². The van der Waals surface area contributed by atoms with Crippen molar-refractivity contribution in [1.82, 2.24) is 14.6 Å². The van der Waals surface area contributed by atoms with Crippen molar-refractivity contribution in [1.29, 1.82) is 0 Å². The first-order valence-electron chi connectivity index (χ1n) is 6.15. The summed E-state index contributed by atoms with van der Waals surface area (Å²) < 4.78 is 7.26. The molecule has 0 amide bonds. The minimum atomic E-state index is 0.840. The fourth-order valence-electron chi connectivity index (χ4n) is 2.37. The molecule has 96 valence electrons. The first kappa shape index (κ1) is 11.7. The smallest absolute Gasteiger partial charge is 0.153 e. The van der Waals surface area contributed by atoms with Gasteiger partial charge in [0.1, 0.15) is 5.75 Å². The van der Waals surface area contributed by atoms with Gasteiger partial charge in [-0.1, -0.05) is 6.07 Å². The first-order valence-corrected chi connectivity index (χ1v) is 6.15. The summed E-state index contributed by atoms with van der Waals surface area (Å²) in [6.07, 6.45) is 3.58. The van der Waals surface area contributed by atoms with E-state index in [1.165, 1.54) is 5.56 Å². The Morgan fingerprint density at radius 1 is 1.16 bits per heavy atom. The van der Waals surface area contributed by atoms with Gasteiger partial charge in [-0.15, -0.1) is 0 Å². The molecule has 0 N–H and O–H groups in total. The largest absolute Gasteiger partial charge is 0.496 e. The highest BCUT2D eigenvalue weighted by Gasteiger charge is 2.12. The topological polar surface area (TPSA) is 39.4 Å². The number of methoxy groups -OCH3 is 1. The zero-order valence-electron chi connectivity index (χ0n) is 11.2. The van der Waals surface area contributed by atoms with E-state index in [1.54, 1.807) is 17.8 Å². The average molecular weight is 253 g/mol. The van der Waals surface area contributed by atoms with Crippen LogP contribution in [0.5, 0.6) is 5.75 Å². The Hall–Kier alpha value is -2.36. The maximum Gasteiger partial charge on any atom is 0.153 e. The van der Waals surface area contributed by atoms with Gasteiger partial charge in [-0.2, -0.15) is 5.10 Å². The maximum atomic E-state index is 5.49. The minimum absolute atomic E-state index is 0.840. The van der Waals surface area contributed by atoms with Crippen LogP contribution in [0.25, 0.3) is 16.9 Å². The highest BCUT2D eigenvalue weighted by Crippen LogP contribution is 2.33. The number of fused-ring (bicyclic) bond motifs is 1. The lowest BCUT2D eigenvalue weighted by atomic mass is 10.0. The number of benzene rings is 1. The quantitative estimate of drug-likeness (QED) is 0.704. The first-order chi connectivity index (χ1) is 9.19. The molecule has 4 nitrogen and oxygen atoms in total. The van der Waals surface area contributed by atoms with Crippen LogP contribution in [0.1, 0.15) is 11.1 Å². The summed E-state index contributed by atoms with van der Waals surface area (Å²) in [5, 5.41) is 4.58. The molecule has 0 saturated carbocycles. The fourth-order valence-corrected chi connectivity index (χ4v) is 2.37. The van der Waals surface area contributed by atoms with E-state index < -0.39 is 0 Å². The van der Waals surface area contributed by atoms with Crippen LogP contribution in [0.15, 0.2) is 36.7 Å². The van der Waals surface area contributed by atoms with E-state index in [2.05, 4.69) is 30.0 Å². The molecule has 4 heteroatoms. The fraction of sp³-hybridized carbons (Fsp3) is 0.200. The van der Waals surface area contributed by atoms with Gasteiger partial charge in [0.05, 0.1) is 12.8 Å². The Morgan fingerprint density at radius 2 is 2.00 bits per heavy atom. The molecule has 2 heterocycles. The molecular formula is C15H15N3O. The lowest BCUT2D eigenvalue weighted by molar-refractivity contribution is 0.415. The van der Waals surface area contributed by atoms with Crippen molar-refractivity contribution in [2.75, 3.05) is 7.11 Å². The molecule has 2 aromatic heterocycles. The van der Waals surface area contributed by atoms with Crippen LogP contribution in [0.4, 0.5) is 0 Å². The highest BCUT2D eigenvalue weighted by atomic mass is 16.5. The zero-order chi connectivity index (χ0) is 13.4. The van der Waals surface area contributed by atoms with E-state index >= 15 is 0 Å². The predicted octanol–water partition coefficient (Wildman–Crippen LogP) is 3.02. The SMILES string of the molecule is COc1cc(C)cc(C)c1-c1ccc2nccn2n1. The van der Waals surface area contributed by atoms with Crippen molar-refractivity contribution in [3.05, 3.63) is 47.8 Å². The van der Waals surface area contributed by atoms with Gasteiger partial charge in [0.2, 0.25) is 0 Å². The van der Waals surface area contributed by atoms with Crippen molar-refractivity contribution in [2.45, 2.75) is 13.8 Å². The molecule has 0 unspecified atom stereocenters. The van der Waals surface area contributed by atoms with Crippen LogP contribution in [0.3, 0.4) is 0 Å². The highest BCUT2D eigenvalue weighted by molar-refractivity contribution is 5.72. The number of nitrogens with zero attached hydrogens (tertiary/aromatic N) is 3. The molecule has 0 aliphatic heterocycles. The van der Waals surface area contributed by atoms with E-state index in [0.717, 1.165) is 28.2 Å². The summed E-state index contributed by atoms with van der Waals surface area (Å²) in [6.45, 7) is 4.14. The summed E-state index contributed by atoms with van der Waals surface area (Å²) in [5.41, 5.74) is 5.10. The lowest BCUT2D eigenvalue weighted by Gasteiger charge is -2.12. The van der Waals surface area contributed by atoms with Crippen LogP contribution in [-0.2, 0) is 0 Å². The Labute approximate surface area is 111 Å². The summed E-state index contributed by atoms with van der Waals surface area (Å²) in [6, 6.07) is 8.10. The number of ether oxygens (including phenoxy) is 1. The monoisotopic (exact) mass is 253 g/mol. The van der Waals surface area contributed by atoms with E-state index in [4.69, 9.17) is 4.74 Å².